The van der Waals surface area contributed by atoms with E-state index in [1.165, 1.54) is 12.8 Å². The van der Waals surface area contributed by atoms with Crippen molar-refractivity contribution in [2.75, 3.05) is 18.5 Å². The second-order valence-corrected chi connectivity index (χ2v) is 4.87. The molecule has 4 nitrogen and oxygen atoms in total. The molecule has 0 saturated carbocycles. The van der Waals surface area contributed by atoms with Crippen molar-refractivity contribution in [1.82, 2.24) is 4.98 Å². The Morgan fingerprint density at radius 1 is 1.56 bits per heavy atom. The molecule has 1 aromatic heterocycles. The number of hydrogen-bond acceptors (Lipinski definition) is 4. The summed E-state index contributed by atoms with van der Waals surface area (Å²) >= 11 is 0. The van der Waals surface area contributed by atoms with Gasteiger partial charge < -0.3 is 14.8 Å². The van der Waals surface area contributed by atoms with E-state index in [4.69, 9.17) is 9.47 Å². The van der Waals surface area contributed by atoms with E-state index in [0.717, 1.165) is 31.1 Å². The Balaban J connectivity index is 1.83. The van der Waals surface area contributed by atoms with Crippen molar-refractivity contribution < 1.29 is 9.47 Å². The van der Waals surface area contributed by atoms with Crippen LogP contribution in [0, 0.1) is 0 Å². The molecule has 0 aromatic carbocycles. The summed E-state index contributed by atoms with van der Waals surface area (Å²) in [5, 5.41) is 3.33. The highest BCUT2D eigenvalue weighted by atomic mass is 16.5. The molecule has 1 aliphatic rings. The van der Waals surface area contributed by atoms with Crippen molar-refractivity contribution in [3.05, 3.63) is 18.3 Å². The maximum atomic E-state index is 5.71. The maximum Gasteiger partial charge on any atom is 0.168 e. The van der Waals surface area contributed by atoms with Crippen molar-refractivity contribution in [3.63, 3.8) is 0 Å². The quantitative estimate of drug-likeness (QED) is 0.843. The van der Waals surface area contributed by atoms with Crippen LogP contribution in [0.25, 0.3) is 0 Å². The summed E-state index contributed by atoms with van der Waals surface area (Å²) in [6, 6.07) is 3.84. The summed E-state index contributed by atoms with van der Waals surface area (Å²) in [5.41, 5.74) is 0. The van der Waals surface area contributed by atoms with Gasteiger partial charge in [0.05, 0.1) is 12.2 Å². The van der Waals surface area contributed by atoms with Crippen molar-refractivity contribution >= 4 is 5.82 Å². The van der Waals surface area contributed by atoms with Gasteiger partial charge in [-0.15, -0.1) is 0 Å². The molecule has 0 bridgehead atoms. The van der Waals surface area contributed by atoms with Gasteiger partial charge in [-0.1, -0.05) is 0 Å². The molecule has 1 unspecified atom stereocenters. The first-order chi connectivity index (χ1) is 8.75. The van der Waals surface area contributed by atoms with Gasteiger partial charge in [0.2, 0.25) is 0 Å². The van der Waals surface area contributed by atoms with Gasteiger partial charge in [-0.05, 0) is 45.2 Å². The van der Waals surface area contributed by atoms with E-state index in [-0.39, 0.29) is 6.10 Å². The number of hydrogen-bond donors (Lipinski definition) is 1. The molecule has 2 heterocycles. The third-order valence-electron chi connectivity index (χ3n) is 2.92. The van der Waals surface area contributed by atoms with E-state index in [0.29, 0.717) is 6.10 Å². The largest absolute Gasteiger partial charge is 0.487 e. The van der Waals surface area contributed by atoms with Crippen molar-refractivity contribution in [1.29, 1.82) is 0 Å². The third kappa shape index (κ3) is 3.88. The molecular weight excluding hydrogens is 228 g/mol. The summed E-state index contributed by atoms with van der Waals surface area (Å²) in [6.07, 6.45) is 5.75. The minimum absolute atomic E-state index is 0.160. The van der Waals surface area contributed by atoms with Gasteiger partial charge in [-0.2, -0.15) is 0 Å². The fourth-order valence-electron chi connectivity index (χ4n) is 2.10. The van der Waals surface area contributed by atoms with Crippen LogP contribution in [-0.4, -0.2) is 30.3 Å². The summed E-state index contributed by atoms with van der Waals surface area (Å²) in [5.74, 6) is 1.64. The predicted molar refractivity (Wildman–Crippen MR) is 72.1 cm³/mol. The van der Waals surface area contributed by atoms with Crippen LogP contribution in [0.3, 0.4) is 0 Å². The van der Waals surface area contributed by atoms with Gasteiger partial charge in [0.1, 0.15) is 0 Å². The molecule has 1 aromatic rings. The lowest BCUT2D eigenvalue weighted by Crippen LogP contribution is -2.14. The smallest absolute Gasteiger partial charge is 0.168 e. The second-order valence-electron chi connectivity index (χ2n) is 4.87. The molecule has 1 saturated heterocycles. The van der Waals surface area contributed by atoms with Crippen molar-refractivity contribution in [2.45, 2.75) is 45.3 Å². The van der Waals surface area contributed by atoms with Gasteiger partial charge >= 0.3 is 0 Å². The van der Waals surface area contributed by atoms with Gasteiger partial charge in [0.15, 0.2) is 11.6 Å². The van der Waals surface area contributed by atoms with Gasteiger partial charge in [-0.25, -0.2) is 4.98 Å². The minimum Gasteiger partial charge on any atom is -0.487 e. The second kappa shape index (κ2) is 6.59. The maximum absolute atomic E-state index is 5.71. The van der Waals surface area contributed by atoms with E-state index in [2.05, 4.69) is 10.3 Å². The summed E-state index contributed by atoms with van der Waals surface area (Å²) in [7, 11) is 0. The van der Waals surface area contributed by atoms with Gasteiger partial charge in [-0.3, -0.25) is 0 Å². The van der Waals surface area contributed by atoms with Crippen LogP contribution in [-0.2, 0) is 4.74 Å². The lowest BCUT2D eigenvalue weighted by molar-refractivity contribution is 0.107. The highest BCUT2D eigenvalue weighted by Gasteiger charge is 2.15. The summed E-state index contributed by atoms with van der Waals surface area (Å²) < 4.78 is 11.3. The van der Waals surface area contributed by atoms with E-state index in [1.54, 1.807) is 6.20 Å². The fourth-order valence-corrected chi connectivity index (χ4v) is 2.10. The molecule has 1 fully saturated rings. The van der Waals surface area contributed by atoms with E-state index < -0.39 is 0 Å². The molecule has 1 aliphatic heterocycles. The first kappa shape index (κ1) is 13.1. The van der Waals surface area contributed by atoms with Crippen molar-refractivity contribution in [3.8, 4) is 5.75 Å². The van der Waals surface area contributed by atoms with Crippen LogP contribution in [0.2, 0.25) is 0 Å². The molecule has 0 radical (unpaired) electrons. The molecule has 18 heavy (non-hydrogen) atoms. The Kier molecular flexibility index (Phi) is 4.81. The molecule has 0 spiro atoms. The Bertz CT molecular complexity index is 363. The number of nitrogens with one attached hydrogen (secondary N) is 1. The number of anilines is 1. The average molecular weight is 250 g/mol. The monoisotopic (exact) mass is 250 g/mol. The Labute approximate surface area is 109 Å². The zero-order valence-corrected chi connectivity index (χ0v) is 11.2. The van der Waals surface area contributed by atoms with Crippen LogP contribution in [0.1, 0.15) is 33.1 Å². The van der Waals surface area contributed by atoms with E-state index in [1.807, 2.05) is 26.0 Å². The number of pyridine rings is 1. The van der Waals surface area contributed by atoms with Gasteiger partial charge in [0, 0.05) is 19.3 Å². The number of ether oxygens (including phenoxy) is 2. The molecule has 4 heteroatoms. The molecule has 0 aliphatic carbocycles. The number of aromatic nitrogens is 1. The predicted octanol–water partition coefficient (Wildman–Crippen LogP) is 2.85. The minimum atomic E-state index is 0.160. The fraction of sp³-hybridized carbons (Fsp3) is 0.643. The van der Waals surface area contributed by atoms with Crippen LogP contribution in [0.4, 0.5) is 5.82 Å². The Morgan fingerprint density at radius 2 is 2.44 bits per heavy atom. The van der Waals surface area contributed by atoms with Crippen LogP contribution in [0.15, 0.2) is 18.3 Å². The summed E-state index contributed by atoms with van der Waals surface area (Å²) in [6.45, 7) is 5.82. The number of rotatable bonds is 6. The topological polar surface area (TPSA) is 43.4 Å². The van der Waals surface area contributed by atoms with Crippen LogP contribution < -0.4 is 10.1 Å². The molecular formula is C14H22N2O2. The first-order valence-corrected chi connectivity index (χ1v) is 6.73. The standard InChI is InChI=1S/C14H22N2O2/c1-11(2)18-13-6-3-8-15-14(13)16-9-7-12-5-4-10-17-12/h3,6,8,11-12H,4-5,7,9-10H2,1-2H3,(H,15,16). The first-order valence-electron chi connectivity index (χ1n) is 6.73. The zero-order chi connectivity index (χ0) is 12.8. The molecule has 100 valence electrons. The molecule has 0 amide bonds. The Morgan fingerprint density at radius 3 is 3.17 bits per heavy atom. The third-order valence-corrected chi connectivity index (χ3v) is 2.92. The molecule has 2 rings (SSSR count). The van der Waals surface area contributed by atoms with Crippen molar-refractivity contribution in [2.24, 2.45) is 0 Å². The average Bonchev–Trinajstić information content (AvgIpc) is 2.84. The summed E-state index contributed by atoms with van der Waals surface area (Å²) in [4.78, 5) is 4.32. The SMILES string of the molecule is CC(C)Oc1cccnc1NCCC1CCCO1. The Hall–Kier alpha value is -1.29. The highest BCUT2D eigenvalue weighted by Crippen LogP contribution is 2.22. The lowest BCUT2D eigenvalue weighted by Gasteiger charge is -2.15. The van der Waals surface area contributed by atoms with E-state index in [9.17, 15) is 0 Å². The van der Waals surface area contributed by atoms with Crippen LogP contribution in [0.5, 0.6) is 5.75 Å². The zero-order valence-electron chi connectivity index (χ0n) is 11.2. The molecule has 1 N–H and O–H groups in total. The van der Waals surface area contributed by atoms with Gasteiger partial charge in [0.25, 0.3) is 0 Å². The lowest BCUT2D eigenvalue weighted by atomic mass is 10.2. The van der Waals surface area contributed by atoms with E-state index >= 15 is 0 Å². The molecule has 1 atom stereocenters. The normalized spacial score (nSPS) is 19.2. The van der Waals surface area contributed by atoms with Crippen LogP contribution >= 0.6 is 0 Å². The highest BCUT2D eigenvalue weighted by molar-refractivity contribution is 5.49. The number of nitrogens with zero attached hydrogens (tertiary/aromatic N) is 1.